The standard InChI is InChI=1S/C13H14N2O/c1-3-12-14-11(8-13(16)15-12)10-7-5-4-6-9(10)2/h4-8H,3H2,1-2H3,(H,14,15,16). The van der Waals surface area contributed by atoms with Crippen LogP contribution in [0.1, 0.15) is 18.3 Å². The summed E-state index contributed by atoms with van der Waals surface area (Å²) in [7, 11) is 0. The van der Waals surface area contributed by atoms with Gasteiger partial charge in [0.2, 0.25) is 0 Å². The lowest BCUT2D eigenvalue weighted by atomic mass is 10.1. The fraction of sp³-hybridized carbons (Fsp3) is 0.231. The Morgan fingerprint density at radius 3 is 2.75 bits per heavy atom. The minimum absolute atomic E-state index is 0.0925. The van der Waals surface area contributed by atoms with Crippen molar-refractivity contribution < 1.29 is 0 Å². The molecule has 82 valence electrons. The fourth-order valence-corrected chi connectivity index (χ4v) is 1.67. The van der Waals surface area contributed by atoms with E-state index in [4.69, 9.17) is 0 Å². The molecule has 1 aromatic carbocycles. The molecule has 1 heterocycles. The maximum Gasteiger partial charge on any atom is 0.251 e. The van der Waals surface area contributed by atoms with Crippen molar-refractivity contribution in [3.05, 3.63) is 52.1 Å². The topological polar surface area (TPSA) is 45.8 Å². The average Bonchev–Trinajstić information content (AvgIpc) is 2.28. The summed E-state index contributed by atoms with van der Waals surface area (Å²) in [5, 5.41) is 0. The van der Waals surface area contributed by atoms with E-state index >= 15 is 0 Å². The van der Waals surface area contributed by atoms with Gasteiger partial charge in [0.25, 0.3) is 5.56 Å². The molecule has 0 bridgehead atoms. The number of aromatic amines is 1. The molecule has 3 heteroatoms. The van der Waals surface area contributed by atoms with E-state index < -0.39 is 0 Å². The van der Waals surface area contributed by atoms with E-state index in [1.54, 1.807) is 6.07 Å². The summed E-state index contributed by atoms with van der Waals surface area (Å²) in [6.45, 7) is 3.99. The van der Waals surface area contributed by atoms with Crippen molar-refractivity contribution >= 4 is 0 Å². The maximum atomic E-state index is 11.5. The first kappa shape index (κ1) is 10.6. The average molecular weight is 214 g/mol. The van der Waals surface area contributed by atoms with E-state index in [1.165, 1.54) is 0 Å². The van der Waals surface area contributed by atoms with Gasteiger partial charge < -0.3 is 4.98 Å². The summed E-state index contributed by atoms with van der Waals surface area (Å²) < 4.78 is 0. The van der Waals surface area contributed by atoms with Gasteiger partial charge >= 0.3 is 0 Å². The number of H-pyrrole nitrogens is 1. The maximum absolute atomic E-state index is 11.5. The zero-order valence-corrected chi connectivity index (χ0v) is 9.45. The summed E-state index contributed by atoms with van der Waals surface area (Å²) in [5.74, 6) is 0.728. The number of benzene rings is 1. The van der Waals surface area contributed by atoms with Crippen LogP contribution in [0, 0.1) is 6.92 Å². The van der Waals surface area contributed by atoms with Crippen molar-refractivity contribution in [3.63, 3.8) is 0 Å². The summed E-state index contributed by atoms with van der Waals surface area (Å²) in [5.41, 5.74) is 2.80. The Kier molecular flexibility index (Phi) is 2.86. The molecule has 0 saturated carbocycles. The summed E-state index contributed by atoms with van der Waals surface area (Å²) >= 11 is 0. The normalized spacial score (nSPS) is 10.4. The van der Waals surface area contributed by atoms with Crippen LogP contribution in [0.5, 0.6) is 0 Å². The molecule has 1 N–H and O–H groups in total. The SMILES string of the molecule is CCc1nc(-c2ccccc2C)cc(=O)[nH]1. The van der Waals surface area contributed by atoms with Crippen LogP contribution < -0.4 is 5.56 Å². The predicted octanol–water partition coefficient (Wildman–Crippen LogP) is 2.31. The molecular formula is C13H14N2O. The second-order valence-corrected chi connectivity index (χ2v) is 3.75. The van der Waals surface area contributed by atoms with Gasteiger partial charge in [-0.3, -0.25) is 4.79 Å². The van der Waals surface area contributed by atoms with Crippen LogP contribution in [0.3, 0.4) is 0 Å². The first-order valence-corrected chi connectivity index (χ1v) is 5.37. The van der Waals surface area contributed by atoms with Crippen LogP contribution in [-0.2, 0) is 6.42 Å². The molecule has 16 heavy (non-hydrogen) atoms. The molecule has 0 spiro atoms. The van der Waals surface area contributed by atoms with Gasteiger partial charge in [-0.15, -0.1) is 0 Å². The Balaban J connectivity index is 2.60. The highest BCUT2D eigenvalue weighted by molar-refractivity contribution is 5.62. The van der Waals surface area contributed by atoms with Crippen LogP contribution in [0.2, 0.25) is 0 Å². The fourth-order valence-electron chi connectivity index (χ4n) is 1.67. The lowest BCUT2D eigenvalue weighted by Crippen LogP contribution is -2.10. The van der Waals surface area contributed by atoms with Gasteiger partial charge in [0, 0.05) is 18.1 Å². The second kappa shape index (κ2) is 4.31. The van der Waals surface area contributed by atoms with Crippen molar-refractivity contribution in [2.75, 3.05) is 0 Å². The van der Waals surface area contributed by atoms with Crippen molar-refractivity contribution in [3.8, 4) is 11.3 Å². The Bertz CT molecular complexity index is 558. The lowest BCUT2D eigenvalue weighted by molar-refractivity contribution is 0.924. The van der Waals surface area contributed by atoms with Gasteiger partial charge in [0.05, 0.1) is 5.69 Å². The number of hydrogen-bond acceptors (Lipinski definition) is 2. The number of nitrogens with one attached hydrogen (secondary N) is 1. The van der Waals surface area contributed by atoms with Gasteiger partial charge in [0.1, 0.15) is 5.82 Å². The number of aromatic nitrogens is 2. The molecule has 0 aliphatic carbocycles. The zero-order valence-electron chi connectivity index (χ0n) is 9.45. The molecule has 0 saturated heterocycles. The summed E-state index contributed by atoms with van der Waals surface area (Å²) in [6.07, 6.45) is 0.731. The third-order valence-electron chi connectivity index (χ3n) is 2.55. The first-order chi connectivity index (χ1) is 7.70. The molecule has 0 unspecified atom stereocenters. The minimum atomic E-state index is -0.0925. The molecule has 0 fully saturated rings. The molecule has 0 radical (unpaired) electrons. The third kappa shape index (κ3) is 2.03. The number of hydrogen-bond donors (Lipinski definition) is 1. The lowest BCUT2D eigenvalue weighted by Gasteiger charge is -2.05. The molecule has 0 amide bonds. The minimum Gasteiger partial charge on any atom is -0.311 e. The monoisotopic (exact) mass is 214 g/mol. The molecule has 3 nitrogen and oxygen atoms in total. The van der Waals surface area contributed by atoms with Gasteiger partial charge in [0.15, 0.2) is 0 Å². The van der Waals surface area contributed by atoms with Crippen molar-refractivity contribution in [1.29, 1.82) is 0 Å². The van der Waals surface area contributed by atoms with E-state index in [1.807, 2.05) is 38.1 Å². The van der Waals surface area contributed by atoms with Crippen LogP contribution in [-0.4, -0.2) is 9.97 Å². The van der Waals surface area contributed by atoms with Gasteiger partial charge in [-0.05, 0) is 12.5 Å². The molecule has 0 atom stereocenters. The highest BCUT2D eigenvalue weighted by Crippen LogP contribution is 2.19. The van der Waals surface area contributed by atoms with Crippen LogP contribution in [0.15, 0.2) is 35.1 Å². The van der Waals surface area contributed by atoms with Crippen LogP contribution >= 0.6 is 0 Å². The number of nitrogens with zero attached hydrogens (tertiary/aromatic N) is 1. The summed E-state index contributed by atoms with van der Waals surface area (Å²) in [6, 6.07) is 9.48. The number of rotatable bonds is 2. The number of aryl methyl sites for hydroxylation is 2. The smallest absolute Gasteiger partial charge is 0.251 e. The van der Waals surface area contributed by atoms with Crippen molar-refractivity contribution in [2.45, 2.75) is 20.3 Å². The van der Waals surface area contributed by atoms with E-state index in [0.717, 1.165) is 29.1 Å². The Morgan fingerprint density at radius 2 is 2.06 bits per heavy atom. The molecular weight excluding hydrogens is 200 g/mol. The van der Waals surface area contributed by atoms with Gasteiger partial charge in [-0.1, -0.05) is 31.2 Å². The molecule has 2 aromatic rings. The first-order valence-electron chi connectivity index (χ1n) is 5.37. The van der Waals surface area contributed by atoms with Gasteiger partial charge in [-0.25, -0.2) is 4.98 Å². The van der Waals surface area contributed by atoms with Crippen molar-refractivity contribution in [1.82, 2.24) is 9.97 Å². The molecule has 0 aliphatic rings. The van der Waals surface area contributed by atoms with E-state index in [9.17, 15) is 4.79 Å². The molecule has 0 aliphatic heterocycles. The Hall–Kier alpha value is -1.90. The third-order valence-corrected chi connectivity index (χ3v) is 2.55. The second-order valence-electron chi connectivity index (χ2n) is 3.75. The van der Waals surface area contributed by atoms with E-state index in [-0.39, 0.29) is 5.56 Å². The van der Waals surface area contributed by atoms with Crippen LogP contribution in [0.25, 0.3) is 11.3 Å². The van der Waals surface area contributed by atoms with E-state index in [0.29, 0.717) is 0 Å². The highest BCUT2D eigenvalue weighted by atomic mass is 16.1. The van der Waals surface area contributed by atoms with Crippen molar-refractivity contribution in [2.24, 2.45) is 0 Å². The Labute approximate surface area is 94.2 Å². The molecule has 1 aromatic heterocycles. The quantitative estimate of drug-likeness (QED) is 0.833. The summed E-state index contributed by atoms with van der Waals surface area (Å²) in [4.78, 5) is 18.6. The largest absolute Gasteiger partial charge is 0.311 e. The van der Waals surface area contributed by atoms with Crippen LogP contribution in [0.4, 0.5) is 0 Å². The zero-order chi connectivity index (χ0) is 11.5. The molecule has 2 rings (SSSR count). The Morgan fingerprint density at radius 1 is 1.31 bits per heavy atom. The van der Waals surface area contributed by atoms with Gasteiger partial charge in [-0.2, -0.15) is 0 Å². The highest BCUT2D eigenvalue weighted by Gasteiger charge is 2.04. The predicted molar refractivity (Wildman–Crippen MR) is 64.4 cm³/mol. The van der Waals surface area contributed by atoms with E-state index in [2.05, 4.69) is 9.97 Å².